The van der Waals surface area contributed by atoms with Crippen LogP contribution in [-0.4, -0.2) is 12.4 Å². The van der Waals surface area contributed by atoms with Crippen LogP contribution >= 0.6 is 12.6 Å². The van der Waals surface area contributed by atoms with Gasteiger partial charge in [0, 0.05) is 0 Å². The summed E-state index contributed by atoms with van der Waals surface area (Å²) >= 11 is 3.95. The molecule has 0 amide bonds. The molecule has 114 valence electrons. The molecule has 1 rings (SSSR count). The van der Waals surface area contributed by atoms with E-state index < -0.39 is 29.2 Å². The van der Waals surface area contributed by atoms with Crippen LogP contribution in [0.5, 0.6) is 5.75 Å². The lowest BCUT2D eigenvalue weighted by atomic mass is 10.1. The minimum absolute atomic E-state index is 0.0118. The summed E-state index contributed by atoms with van der Waals surface area (Å²) in [5, 5.41) is 0. The van der Waals surface area contributed by atoms with Crippen LogP contribution in [0.25, 0.3) is 0 Å². The number of hydrogen-bond acceptors (Lipinski definition) is 2. The molecule has 20 heavy (non-hydrogen) atoms. The summed E-state index contributed by atoms with van der Waals surface area (Å²) < 4.78 is 80.4. The van der Waals surface area contributed by atoms with Crippen LogP contribution in [0.3, 0.4) is 0 Å². The van der Waals surface area contributed by atoms with Crippen molar-refractivity contribution in [2.45, 2.75) is 19.3 Å². The first-order valence-corrected chi connectivity index (χ1v) is 6.20. The summed E-state index contributed by atoms with van der Waals surface area (Å²) in [6.45, 7) is 1.70. The Bertz CT molecular complexity index is 422. The van der Waals surface area contributed by atoms with E-state index in [4.69, 9.17) is 4.74 Å². The zero-order valence-electron chi connectivity index (χ0n) is 10.3. The van der Waals surface area contributed by atoms with E-state index >= 15 is 0 Å². The van der Waals surface area contributed by atoms with Crippen molar-refractivity contribution >= 4 is 12.6 Å². The fourth-order valence-corrected chi connectivity index (χ4v) is 1.41. The molecule has 0 aliphatic carbocycles. The molecule has 1 atom stereocenters. The molecule has 0 saturated heterocycles. The third-order valence-electron chi connectivity index (χ3n) is 2.41. The number of benzene rings is 1. The first kappa shape index (κ1) is 17.0. The van der Waals surface area contributed by atoms with Gasteiger partial charge in [-0.1, -0.05) is 6.92 Å². The Labute approximate surface area is 117 Å². The molecule has 1 aromatic rings. The second-order valence-electron chi connectivity index (χ2n) is 4.34. The van der Waals surface area contributed by atoms with Crippen molar-refractivity contribution in [2.75, 3.05) is 12.4 Å². The zero-order valence-corrected chi connectivity index (χ0v) is 11.2. The third kappa shape index (κ3) is 4.81. The molecule has 0 fully saturated rings. The highest BCUT2D eigenvalue weighted by Crippen LogP contribution is 2.38. The van der Waals surface area contributed by atoms with Crippen molar-refractivity contribution in [1.82, 2.24) is 0 Å². The van der Waals surface area contributed by atoms with Crippen molar-refractivity contribution in [3.63, 3.8) is 0 Å². The standard InChI is InChI=1S/C12H12F6OS/c1-7(6-20)5-19-10-3-8(11(13,14)15)2-9(4-10)12(16,17)18/h2-4,7,20H,5-6H2,1H3. The number of alkyl halides is 6. The molecule has 1 nitrogen and oxygen atoms in total. The SMILES string of the molecule is CC(CS)COc1cc(C(F)(F)F)cc(C(F)(F)F)c1. The Morgan fingerprint density at radius 2 is 1.45 bits per heavy atom. The molecule has 0 spiro atoms. The predicted molar refractivity (Wildman–Crippen MR) is 65.0 cm³/mol. The highest BCUT2D eigenvalue weighted by molar-refractivity contribution is 7.80. The van der Waals surface area contributed by atoms with Crippen LogP contribution in [0.2, 0.25) is 0 Å². The molecule has 0 aromatic heterocycles. The lowest BCUT2D eigenvalue weighted by Crippen LogP contribution is -2.13. The van der Waals surface area contributed by atoms with Crippen molar-refractivity contribution in [1.29, 1.82) is 0 Å². The maximum atomic E-state index is 12.6. The first-order valence-electron chi connectivity index (χ1n) is 5.57. The van der Waals surface area contributed by atoms with E-state index in [1.165, 1.54) is 0 Å². The second-order valence-corrected chi connectivity index (χ2v) is 4.71. The van der Waals surface area contributed by atoms with E-state index in [2.05, 4.69) is 12.6 Å². The molecule has 0 saturated carbocycles. The van der Waals surface area contributed by atoms with Gasteiger partial charge in [0.05, 0.1) is 17.7 Å². The average molecular weight is 318 g/mol. The van der Waals surface area contributed by atoms with Gasteiger partial charge in [0.1, 0.15) is 5.75 Å². The number of halogens is 6. The van der Waals surface area contributed by atoms with Gasteiger partial charge in [-0.05, 0) is 29.9 Å². The molecular weight excluding hydrogens is 306 g/mol. The smallest absolute Gasteiger partial charge is 0.416 e. The van der Waals surface area contributed by atoms with Crippen LogP contribution in [0.4, 0.5) is 26.3 Å². The Morgan fingerprint density at radius 1 is 1.00 bits per heavy atom. The van der Waals surface area contributed by atoms with Gasteiger partial charge in [-0.15, -0.1) is 0 Å². The van der Waals surface area contributed by atoms with Crippen LogP contribution < -0.4 is 4.74 Å². The lowest BCUT2D eigenvalue weighted by molar-refractivity contribution is -0.143. The third-order valence-corrected chi connectivity index (χ3v) is 3.03. The average Bonchev–Trinajstić information content (AvgIpc) is 2.33. The summed E-state index contributed by atoms with van der Waals surface area (Å²) in [6, 6.07) is 1.18. The van der Waals surface area contributed by atoms with Gasteiger partial charge in [-0.25, -0.2) is 0 Å². The summed E-state index contributed by atoms with van der Waals surface area (Å²) in [4.78, 5) is 0. The molecule has 0 aliphatic rings. The van der Waals surface area contributed by atoms with E-state index in [0.717, 1.165) is 0 Å². The largest absolute Gasteiger partial charge is 0.493 e. The zero-order chi connectivity index (χ0) is 15.6. The Kier molecular flexibility index (Phi) is 5.23. The Morgan fingerprint density at radius 3 is 1.80 bits per heavy atom. The predicted octanol–water partition coefficient (Wildman–Crippen LogP) is 4.67. The van der Waals surface area contributed by atoms with Gasteiger partial charge in [-0.3, -0.25) is 0 Å². The fourth-order valence-electron chi connectivity index (χ4n) is 1.30. The number of thiol groups is 1. The fraction of sp³-hybridized carbons (Fsp3) is 0.500. The van der Waals surface area contributed by atoms with Crippen molar-refractivity contribution in [2.24, 2.45) is 5.92 Å². The van der Waals surface area contributed by atoms with E-state index in [1.54, 1.807) is 6.92 Å². The van der Waals surface area contributed by atoms with E-state index in [1.807, 2.05) is 0 Å². The van der Waals surface area contributed by atoms with Gasteiger partial charge in [0.15, 0.2) is 0 Å². The molecule has 0 heterocycles. The van der Waals surface area contributed by atoms with Crippen LogP contribution in [0.15, 0.2) is 18.2 Å². The van der Waals surface area contributed by atoms with Crippen molar-refractivity contribution in [3.8, 4) is 5.75 Å². The second kappa shape index (κ2) is 6.15. The van der Waals surface area contributed by atoms with E-state index in [-0.39, 0.29) is 18.6 Å². The van der Waals surface area contributed by atoms with E-state index in [0.29, 0.717) is 17.9 Å². The summed E-state index contributed by atoms with van der Waals surface area (Å²) in [6.07, 6.45) is -9.73. The maximum absolute atomic E-state index is 12.6. The molecular formula is C12H12F6OS. The van der Waals surface area contributed by atoms with Crippen LogP contribution in [0, 0.1) is 5.92 Å². The number of hydrogen-bond donors (Lipinski definition) is 1. The first-order chi connectivity index (χ1) is 9.04. The number of ether oxygens (including phenoxy) is 1. The Hall–Kier alpha value is -1.05. The van der Waals surface area contributed by atoms with E-state index in [9.17, 15) is 26.3 Å². The van der Waals surface area contributed by atoms with Gasteiger partial charge in [-0.2, -0.15) is 39.0 Å². The van der Waals surface area contributed by atoms with Gasteiger partial charge in [0.2, 0.25) is 0 Å². The molecule has 0 N–H and O–H groups in total. The minimum atomic E-state index is -4.87. The number of rotatable bonds is 4. The van der Waals surface area contributed by atoms with Crippen LogP contribution in [-0.2, 0) is 12.4 Å². The quantitative estimate of drug-likeness (QED) is 0.627. The minimum Gasteiger partial charge on any atom is -0.493 e. The van der Waals surface area contributed by atoms with Gasteiger partial charge in [0.25, 0.3) is 0 Å². The lowest BCUT2D eigenvalue weighted by Gasteiger charge is -2.16. The summed E-state index contributed by atoms with van der Waals surface area (Å²) in [7, 11) is 0. The highest BCUT2D eigenvalue weighted by atomic mass is 32.1. The maximum Gasteiger partial charge on any atom is 0.416 e. The molecule has 0 aliphatic heterocycles. The normalized spacial score (nSPS) is 14.2. The van der Waals surface area contributed by atoms with Gasteiger partial charge < -0.3 is 4.74 Å². The Balaban J connectivity index is 3.11. The monoisotopic (exact) mass is 318 g/mol. The molecule has 8 heteroatoms. The van der Waals surface area contributed by atoms with Gasteiger partial charge >= 0.3 is 12.4 Å². The van der Waals surface area contributed by atoms with Crippen LogP contribution in [0.1, 0.15) is 18.1 Å². The summed E-state index contributed by atoms with van der Waals surface area (Å²) in [5.74, 6) is -0.145. The van der Waals surface area contributed by atoms with Crippen molar-refractivity contribution in [3.05, 3.63) is 29.3 Å². The molecule has 1 aromatic carbocycles. The highest BCUT2D eigenvalue weighted by Gasteiger charge is 2.37. The van der Waals surface area contributed by atoms with Crippen molar-refractivity contribution < 1.29 is 31.1 Å². The molecule has 0 bridgehead atoms. The summed E-state index contributed by atoms with van der Waals surface area (Å²) in [5.41, 5.74) is -2.78. The molecule has 0 radical (unpaired) electrons. The topological polar surface area (TPSA) is 9.23 Å². The molecule has 1 unspecified atom stereocenters.